The lowest BCUT2D eigenvalue weighted by Gasteiger charge is -2.30. The highest BCUT2D eigenvalue weighted by Gasteiger charge is 2.32. The molecule has 1 aliphatic heterocycles. The summed E-state index contributed by atoms with van der Waals surface area (Å²) in [6.07, 6.45) is -2.42. The smallest absolute Gasteiger partial charge is 0.239 e. The van der Waals surface area contributed by atoms with Gasteiger partial charge in [-0.05, 0) is 25.0 Å². The van der Waals surface area contributed by atoms with Crippen LogP contribution in [0.25, 0.3) is 0 Å². The molecule has 0 saturated heterocycles. The van der Waals surface area contributed by atoms with Crippen molar-refractivity contribution in [2.24, 2.45) is 10.7 Å². The van der Waals surface area contributed by atoms with Gasteiger partial charge >= 0.3 is 0 Å². The highest BCUT2D eigenvalue weighted by Crippen LogP contribution is 2.31. The Hall–Kier alpha value is -1.56. The normalized spacial score (nSPS) is 22.9. The van der Waals surface area contributed by atoms with Crippen LogP contribution in [0.2, 0.25) is 0 Å². The zero-order valence-electron chi connectivity index (χ0n) is 11.2. The van der Waals surface area contributed by atoms with E-state index in [2.05, 4.69) is 4.99 Å². The summed E-state index contributed by atoms with van der Waals surface area (Å²) in [7, 11) is 0. The van der Waals surface area contributed by atoms with E-state index in [1.54, 1.807) is 13.0 Å². The molecule has 0 aliphatic carbocycles. The van der Waals surface area contributed by atoms with Gasteiger partial charge in [-0.25, -0.2) is 13.2 Å². The molecule has 1 atom stereocenters. The Morgan fingerprint density at radius 1 is 1.45 bits per heavy atom. The maximum Gasteiger partial charge on any atom is 0.239 e. The van der Waals surface area contributed by atoms with Gasteiger partial charge in [0, 0.05) is 12.0 Å². The molecule has 0 unspecified atom stereocenters. The molecule has 1 aromatic rings. The summed E-state index contributed by atoms with van der Waals surface area (Å²) in [4.78, 5) is 4.26. The molecule has 0 radical (unpaired) electrons. The summed E-state index contributed by atoms with van der Waals surface area (Å²) < 4.78 is 43.8. The van der Waals surface area contributed by atoms with Crippen molar-refractivity contribution in [2.75, 3.05) is 13.2 Å². The number of halogens is 3. The Labute approximate surface area is 115 Å². The predicted molar refractivity (Wildman–Crippen MR) is 70.5 cm³/mol. The van der Waals surface area contributed by atoms with Crippen LogP contribution >= 0.6 is 0 Å². The van der Waals surface area contributed by atoms with E-state index < -0.39 is 17.8 Å². The molecule has 110 valence electrons. The monoisotopic (exact) mass is 286 g/mol. The van der Waals surface area contributed by atoms with E-state index in [0.29, 0.717) is 17.0 Å². The summed E-state index contributed by atoms with van der Waals surface area (Å²) in [5.74, 6) is -0.133. The summed E-state index contributed by atoms with van der Waals surface area (Å²) in [5.41, 5.74) is 5.71. The first-order chi connectivity index (χ1) is 9.40. The molecule has 3 nitrogen and oxygen atoms in total. The summed E-state index contributed by atoms with van der Waals surface area (Å²) in [6, 6.07) is 4.37. The molecule has 2 rings (SSSR count). The van der Waals surface area contributed by atoms with E-state index >= 15 is 0 Å². The van der Waals surface area contributed by atoms with Gasteiger partial charge in [-0.3, -0.25) is 4.99 Å². The number of nitrogens with two attached hydrogens (primary N) is 1. The number of aryl methyl sites for hydroxylation is 1. The molecular formula is C14H17F3N2O. The third-order valence-corrected chi connectivity index (χ3v) is 3.29. The first-order valence-electron chi connectivity index (χ1n) is 6.40. The van der Waals surface area contributed by atoms with E-state index in [-0.39, 0.29) is 26.1 Å². The standard InChI is InChI=1S/C14H17F3N2O/c1-14(8-20-7-13(18)19-14)10-6-9(2-4-11(10)15)3-5-12(16)17/h2,4,6,12H,3,5,7-8H2,1H3,(H2,18,19)/t14-/m0/s1. The van der Waals surface area contributed by atoms with E-state index in [9.17, 15) is 13.2 Å². The van der Waals surface area contributed by atoms with Crippen LogP contribution in [-0.4, -0.2) is 25.5 Å². The fourth-order valence-corrected chi connectivity index (χ4v) is 2.29. The molecule has 0 fully saturated rings. The van der Waals surface area contributed by atoms with Crippen molar-refractivity contribution >= 4 is 5.84 Å². The van der Waals surface area contributed by atoms with Gasteiger partial charge in [0.1, 0.15) is 23.8 Å². The van der Waals surface area contributed by atoms with Crippen LogP contribution in [0.5, 0.6) is 0 Å². The molecule has 2 N–H and O–H groups in total. The minimum absolute atomic E-state index is 0.196. The van der Waals surface area contributed by atoms with E-state index in [1.807, 2.05) is 0 Å². The summed E-state index contributed by atoms with van der Waals surface area (Å²) in [6.45, 7) is 2.15. The predicted octanol–water partition coefficient (Wildman–Crippen LogP) is 2.63. The van der Waals surface area contributed by atoms with Crippen LogP contribution in [0.3, 0.4) is 0 Å². The van der Waals surface area contributed by atoms with Crippen LogP contribution in [0.4, 0.5) is 13.2 Å². The third-order valence-electron chi connectivity index (χ3n) is 3.29. The van der Waals surface area contributed by atoms with Crippen molar-refractivity contribution in [1.29, 1.82) is 0 Å². The SMILES string of the molecule is C[C@@]1(c2cc(CCC(F)F)ccc2F)COCC(N)=N1. The van der Waals surface area contributed by atoms with Crippen molar-refractivity contribution < 1.29 is 17.9 Å². The lowest BCUT2D eigenvalue weighted by Crippen LogP contribution is -2.38. The molecule has 1 aromatic carbocycles. The third kappa shape index (κ3) is 3.30. The minimum Gasteiger partial charge on any atom is -0.386 e. The number of benzene rings is 1. The highest BCUT2D eigenvalue weighted by molar-refractivity contribution is 5.82. The summed E-state index contributed by atoms with van der Waals surface area (Å²) in [5, 5.41) is 0. The number of rotatable bonds is 4. The minimum atomic E-state index is -2.37. The zero-order chi connectivity index (χ0) is 14.8. The maximum atomic E-state index is 14.0. The maximum absolute atomic E-state index is 14.0. The van der Waals surface area contributed by atoms with Gasteiger partial charge in [0.2, 0.25) is 6.43 Å². The Bertz CT molecular complexity index is 519. The van der Waals surface area contributed by atoms with E-state index in [1.165, 1.54) is 12.1 Å². The first kappa shape index (κ1) is 14.8. The number of hydrogen-bond donors (Lipinski definition) is 1. The van der Waals surface area contributed by atoms with Crippen LogP contribution in [0.1, 0.15) is 24.5 Å². The highest BCUT2D eigenvalue weighted by atomic mass is 19.3. The molecule has 1 aliphatic rings. The molecule has 1 heterocycles. The van der Waals surface area contributed by atoms with Gasteiger partial charge in [0.05, 0.1) is 6.61 Å². The Kier molecular flexibility index (Phi) is 4.32. The van der Waals surface area contributed by atoms with Crippen molar-refractivity contribution in [2.45, 2.75) is 31.7 Å². The van der Waals surface area contributed by atoms with E-state index in [0.717, 1.165) is 0 Å². The second-order valence-electron chi connectivity index (χ2n) is 5.11. The largest absolute Gasteiger partial charge is 0.386 e. The van der Waals surface area contributed by atoms with Crippen molar-refractivity contribution in [3.8, 4) is 0 Å². The van der Waals surface area contributed by atoms with Gasteiger partial charge in [-0.1, -0.05) is 12.1 Å². The summed E-state index contributed by atoms with van der Waals surface area (Å²) >= 11 is 0. The molecule has 6 heteroatoms. The molecule has 20 heavy (non-hydrogen) atoms. The average molecular weight is 286 g/mol. The molecular weight excluding hydrogens is 269 g/mol. The molecule has 0 aromatic heterocycles. The van der Waals surface area contributed by atoms with Crippen LogP contribution < -0.4 is 5.73 Å². The number of amidine groups is 1. The Morgan fingerprint density at radius 2 is 2.20 bits per heavy atom. The fraction of sp³-hybridized carbons (Fsp3) is 0.500. The number of hydrogen-bond acceptors (Lipinski definition) is 3. The number of alkyl halides is 2. The van der Waals surface area contributed by atoms with Crippen LogP contribution in [-0.2, 0) is 16.7 Å². The lowest BCUT2D eigenvalue weighted by atomic mass is 9.90. The van der Waals surface area contributed by atoms with Gasteiger partial charge in [0.15, 0.2) is 0 Å². The van der Waals surface area contributed by atoms with Crippen LogP contribution in [0, 0.1) is 5.82 Å². The average Bonchev–Trinajstić information content (AvgIpc) is 2.37. The second-order valence-corrected chi connectivity index (χ2v) is 5.11. The van der Waals surface area contributed by atoms with Crippen molar-refractivity contribution in [3.05, 3.63) is 35.1 Å². The van der Waals surface area contributed by atoms with Gasteiger partial charge in [-0.2, -0.15) is 0 Å². The van der Waals surface area contributed by atoms with Crippen molar-refractivity contribution in [1.82, 2.24) is 0 Å². The van der Waals surface area contributed by atoms with Crippen molar-refractivity contribution in [3.63, 3.8) is 0 Å². The first-order valence-corrected chi connectivity index (χ1v) is 6.40. The number of ether oxygens (including phenoxy) is 1. The molecule has 0 bridgehead atoms. The van der Waals surface area contributed by atoms with Crippen LogP contribution in [0.15, 0.2) is 23.2 Å². The van der Waals surface area contributed by atoms with E-state index in [4.69, 9.17) is 10.5 Å². The Morgan fingerprint density at radius 3 is 2.85 bits per heavy atom. The molecule has 0 amide bonds. The zero-order valence-corrected chi connectivity index (χ0v) is 11.2. The van der Waals surface area contributed by atoms with Gasteiger partial charge in [0.25, 0.3) is 0 Å². The Balaban J connectivity index is 2.30. The van der Waals surface area contributed by atoms with Gasteiger partial charge < -0.3 is 10.5 Å². The lowest BCUT2D eigenvalue weighted by molar-refractivity contribution is 0.104. The molecule has 0 spiro atoms. The number of aliphatic imine (C=N–C) groups is 1. The number of nitrogens with zero attached hydrogens (tertiary/aromatic N) is 1. The second kappa shape index (κ2) is 5.83. The molecule has 0 saturated carbocycles. The topological polar surface area (TPSA) is 47.6 Å². The fourth-order valence-electron chi connectivity index (χ4n) is 2.29. The quantitative estimate of drug-likeness (QED) is 0.925. The van der Waals surface area contributed by atoms with Gasteiger partial charge in [-0.15, -0.1) is 0 Å².